The maximum Gasteiger partial charge on any atom is 0.320 e. The Morgan fingerprint density at radius 3 is 2.65 bits per heavy atom. The van der Waals surface area contributed by atoms with Gasteiger partial charge in [-0.25, -0.2) is 13.8 Å². The minimum atomic E-state index is -1.10. The van der Waals surface area contributed by atoms with Crippen molar-refractivity contribution in [2.45, 2.75) is 25.2 Å². The highest BCUT2D eigenvalue weighted by Gasteiger charge is 2.44. The fourth-order valence-electron chi connectivity index (χ4n) is 3.51. The van der Waals surface area contributed by atoms with Crippen LogP contribution in [0.15, 0.2) is 36.5 Å². The molecule has 0 saturated heterocycles. The number of hydrogen-bond donors (Lipinski definition) is 0. The minimum Gasteiger partial charge on any atom is -0.479 e. The number of carbonyl (C=O) groups excluding carboxylic acids is 1. The molecule has 1 aliphatic carbocycles. The van der Waals surface area contributed by atoms with E-state index in [1.54, 1.807) is 25.1 Å². The van der Waals surface area contributed by atoms with Gasteiger partial charge >= 0.3 is 5.97 Å². The van der Waals surface area contributed by atoms with Crippen molar-refractivity contribution in [2.24, 2.45) is 0 Å². The van der Waals surface area contributed by atoms with Crippen LogP contribution >= 0.6 is 0 Å². The highest BCUT2D eigenvalue weighted by atomic mass is 19.1. The Bertz CT molecular complexity index is 895. The highest BCUT2D eigenvalue weighted by molar-refractivity contribution is 5.91. The molecule has 0 fully saturated rings. The van der Waals surface area contributed by atoms with Gasteiger partial charge in [-0.2, -0.15) is 0 Å². The Labute approximate surface area is 150 Å². The lowest BCUT2D eigenvalue weighted by Gasteiger charge is -2.26. The third-order valence-electron chi connectivity index (χ3n) is 4.88. The largest absolute Gasteiger partial charge is 0.479 e. The first-order valence-electron chi connectivity index (χ1n) is 8.18. The molecule has 1 heterocycles. The number of methoxy groups -OCH3 is 2. The molecule has 0 bridgehead atoms. The summed E-state index contributed by atoms with van der Waals surface area (Å²) in [6, 6.07) is 5.97. The van der Waals surface area contributed by atoms with Crippen LogP contribution in [0, 0.1) is 18.6 Å². The molecule has 0 amide bonds. The summed E-state index contributed by atoms with van der Waals surface area (Å²) < 4.78 is 37.9. The zero-order chi connectivity index (χ0) is 18.9. The number of benzene rings is 1. The van der Waals surface area contributed by atoms with Crippen LogP contribution in [0.2, 0.25) is 0 Å². The molecule has 0 radical (unpaired) electrons. The molecule has 6 heteroatoms. The molecule has 0 N–H and O–H groups in total. The molecule has 1 aliphatic rings. The Morgan fingerprint density at radius 2 is 2.00 bits per heavy atom. The smallest absolute Gasteiger partial charge is 0.320 e. The van der Waals surface area contributed by atoms with Crippen molar-refractivity contribution in [3.05, 3.63) is 64.9 Å². The molecule has 1 aromatic carbocycles. The van der Waals surface area contributed by atoms with Crippen molar-refractivity contribution in [1.82, 2.24) is 4.98 Å². The topological polar surface area (TPSA) is 48.4 Å². The summed E-state index contributed by atoms with van der Waals surface area (Å²) in [5.41, 5.74) is 1.17. The van der Waals surface area contributed by atoms with Crippen LogP contribution in [0.4, 0.5) is 8.78 Å². The summed E-state index contributed by atoms with van der Waals surface area (Å²) >= 11 is 0. The van der Waals surface area contributed by atoms with Gasteiger partial charge in [0.1, 0.15) is 11.2 Å². The molecule has 136 valence electrons. The number of halogens is 2. The third kappa shape index (κ3) is 2.85. The molecule has 1 atom stereocenters. The lowest BCUT2D eigenvalue weighted by molar-refractivity contribution is -0.145. The Hall–Kier alpha value is -2.76. The van der Waals surface area contributed by atoms with E-state index in [1.165, 1.54) is 32.5 Å². The number of pyridine rings is 1. The third-order valence-corrected chi connectivity index (χ3v) is 4.88. The Morgan fingerprint density at radius 1 is 1.23 bits per heavy atom. The van der Waals surface area contributed by atoms with E-state index in [0.29, 0.717) is 29.5 Å². The zero-order valence-electron chi connectivity index (χ0n) is 14.8. The number of hydrogen-bond acceptors (Lipinski definition) is 4. The monoisotopic (exact) mass is 359 g/mol. The van der Waals surface area contributed by atoms with E-state index in [1.807, 2.05) is 0 Å². The summed E-state index contributed by atoms with van der Waals surface area (Å²) in [6.45, 7) is 1.63. The van der Waals surface area contributed by atoms with Gasteiger partial charge in [0.2, 0.25) is 5.88 Å². The standard InChI is InChI=1S/C20H19F2NO3/c1-12-15(5-4-6-16(12)21)20(19(24)26-3)8-7-13(10-20)14-9-17(22)18(25-2)23-11-14/h4-6,9-11H,7-8H2,1-3H3. The average Bonchev–Trinajstić information content (AvgIpc) is 3.09. The van der Waals surface area contributed by atoms with Crippen molar-refractivity contribution >= 4 is 11.5 Å². The van der Waals surface area contributed by atoms with Gasteiger partial charge in [-0.1, -0.05) is 18.2 Å². The molecule has 4 nitrogen and oxygen atoms in total. The van der Waals surface area contributed by atoms with Crippen LogP contribution in [0.3, 0.4) is 0 Å². The van der Waals surface area contributed by atoms with E-state index in [-0.39, 0.29) is 11.7 Å². The first kappa shape index (κ1) is 18.0. The molecule has 2 aromatic rings. The number of ether oxygens (including phenoxy) is 2. The van der Waals surface area contributed by atoms with Gasteiger partial charge in [0.25, 0.3) is 0 Å². The van der Waals surface area contributed by atoms with Gasteiger partial charge < -0.3 is 9.47 Å². The van der Waals surface area contributed by atoms with Crippen molar-refractivity contribution in [2.75, 3.05) is 14.2 Å². The molecule has 1 aromatic heterocycles. The molecule has 26 heavy (non-hydrogen) atoms. The van der Waals surface area contributed by atoms with Gasteiger partial charge in [-0.3, -0.25) is 4.79 Å². The molecule has 0 spiro atoms. The first-order valence-corrected chi connectivity index (χ1v) is 8.18. The molecule has 3 rings (SSSR count). The number of rotatable bonds is 4. The summed E-state index contributed by atoms with van der Waals surface area (Å²) in [5, 5.41) is 0. The van der Waals surface area contributed by atoms with Crippen molar-refractivity contribution in [1.29, 1.82) is 0 Å². The van der Waals surface area contributed by atoms with Gasteiger partial charge in [0.05, 0.1) is 14.2 Å². The van der Waals surface area contributed by atoms with Crippen molar-refractivity contribution in [3.8, 4) is 5.88 Å². The fourth-order valence-corrected chi connectivity index (χ4v) is 3.51. The summed E-state index contributed by atoms with van der Waals surface area (Å²) in [7, 11) is 2.65. The highest BCUT2D eigenvalue weighted by Crippen LogP contribution is 2.45. The maximum absolute atomic E-state index is 14.1. The molecule has 0 saturated carbocycles. The van der Waals surface area contributed by atoms with Crippen LogP contribution in [0.1, 0.15) is 29.5 Å². The Balaban J connectivity index is 2.12. The van der Waals surface area contributed by atoms with Crippen LogP contribution in [0.25, 0.3) is 5.57 Å². The van der Waals surface area contributed by atoms with E-state index in [0.717, 1.165) is 5.57 Å². The number of carbonyl (C=O) groups is 1. The van der Waals surface area contributed by atoms with E-state index in [9.17, 15) is 13.6 Å². The van der Waals surface area contributed by atoms with E-state index in [2.05, 4.69) is 4.98 Å². The predicted molar refractivity (Wildman–Crippen MR) is 92.8 cm³/mol. The SMILES string of the molecule is COC(=O)C1(c2cccc(F)c2C)C=C(c2cnc(OC)c(F)c2)CC1. The normalized spacial score (nSPS) is 19.2. The second-order valence-electron chi connectivity index (χ2n) is 6.26. The van der Waals surface area contributed by atoms with E-state index in [4.69, 9.17) is 9.47 Å². The van der Waals surface area contributed by atoms with Crippen LogP contribution in [-0.4, -0.2) is 25.2 Å². The molecule has 0 aliphatic heterocycles. The maximum atomic E-state index is 14.1. The quantitative estimate of drug-likeness (QED) is 0.775. The Kier molecular flexibility index (Phi) is 4.76. The fraction of sp³-hybridized carbons (Fsp3) is 0.300. The number of nitrogens with zero attached hydrogens (tertiary/aromatic N) is 1. The average molecular weight is 359 g/mol. The van der Waals surface area contributed by atoms with Crippen LogP contribution < -0.4 is 4.74 Å². The van der Waals surface area contributed by atoms with Gasteiger partial charge in [0, 0.05) is 6.20 Å². The van der Waals surface area contributed by atoms with E-state index >= 15 is 0 Å². The van der Waals surface area contributed by atoms with Crippen LogP contribution in [-0.2, 0) is 14.9 Å². The number of allylic oxidation sites excluding steroid dienone is 1. The number of aromatic nitrogens is 1. The summed E-state index contributed by atoms with van der Waals surface area (Å²) in [4.78, 5) is 16.6. The van der Waals surface area contributed by atoms with Gasteiger partial charge in [-0.15, -0.1) is 0 Å². The zero-order valence-corrected chi connectivity index (χ0v) is 14.8. The van der Waals surface area contributed by atoms with Crippen LogP contribution in [0.5, 0.6) is 5.88 Å². The molecule has 1 unspecified atom stereocenters. The second-order valence-corrected chi connectivity index (χ2v) is 6.26. The molecular weight excluding hydrogens is 340 g/mol. The second kappa shape index (κ2) is 6.86. The van der Waals surface area contributed by atoms with Gasteiger partial charge in [-0.05, 0) is 54.2 Å². The van der Waals surface area contributed by atoms with Crippen molar-refractivity contribution in [3.63, 3.8) is 0 Å². The molecular formula is C20H19F2NO3. The number of esters is 1. The lowest BCUT2D eigenvalue weighted by Crippen LogP contribution is -2.34. The summed E-state index contributed by atoms with van der Waals surface area (Å²) in [6.07, 6.45) is 4.16. The van der Waals surface area contributed by atoms with Crippen molar-refractivity contribution < 1.29 is 23.0 Å². The van der Waals surface area contributed by atoms with Gasteiger partial charge in [0.15, 0.2) is 5.82 Å². The lowest BCUT2D eigenvalue weighted by atomic mass is 9.77. The van der Waals surface area contributed by atoms with E-state index < -0.39 is 17.2 Å². The summed E-state index contributed by atoms with van der Waals surface area (Å²) in [5.74, 6) is -1.52. The first-order chi connectivity index (χ1) is 12.4. The predicted octanol–water partition coefficient (Wildman–Crippen LogP) is 3.97. The minimum absolute atomic E-state index is 0.0902.